The van der Waals surface area contributed by atoms with Crippen LogP contribution < -0.4 is 5.32 Å². The molecule has 0 aliphatic carbocycles. The van der Waals surface area contributed by atoms with Crippen LogP contribution in [0.2, 0.25) is 0 Å². The minimum atomic E-state index is -4.66. The Morgan fingerprint density at radius 2 is 2.28 bits per heavy atom. The quantitative estimate of drug-likeness (QED) is 0.833. The highest BCUT2D eigenvalue weighted by Crippen LogP contribution is 2.32. The van der Waals surface area contributed by atoms with Crippen molar-refractivity contribution < 1.29 is 22.7 Å². The van der Waals surface area contributed by atoms with Crippen molar-refractivity contribution in [3.63, 3.8) is 0 Å². The van der Waals surface area contributed by atoms with Crippen LogP contribution in [0.25, 0.3) is 0 Å². The van der Waals surface area contributed by atoms with Gasteiger partial charge in [0.15, 0.2) is 5.69 Å². The molecule has 100 valence electrons. The summed E-state index contributed by atoms with van der Waals surface area (Å²) in [5, 5.41) is 6.38. The van der Waals surface area contributed by atoms with E-state index in [4.69, 9.17) is 0 Å². The van der Waals surface area contributed by atoms with Crippen LogP contribution in [-0.2, 0) is 10.9 Å². The number of hydrogen-bond donors (Lipinski definition) is 1. The molecular weight excluding hydrogens is 251 g/mol. The smallest absolute Gasteiger partial charge is 0.436 e. The van der Waals surface area contributed by atoms with E-state index in [1.165, 1.54) is 11.6 Å². The molecule has 1 N–H and O–H groups in total. The zero-order chi connectivity index (χ0) is 13.3. The van der Waals surface area contributed by atoms with Gasteiger partial charge in [-0.05, 0) is 6.92 Å². The second-order valence-corrected chi connectivity index (χ2v) is 3.90. The lowest BCUT2D eigenvalue weighted by Gasteiger charge is -2.27. The molecule has 0 atom stereocenters. The third-order valence-corrected chi connectivity index (χ3v) is 2.63. The van der Waals surface area contributed by atoms with Crippen LogP contribution in [0.1, 0.15) is 29.0 Å². The van der Waals surface area contributed by atoms with E-state index in [9.17, 15) is 18.0 Å². The second kappa shape index (κ2) is 4.60. The number of nitrogens with one attached hydrogen (secondary N) is 1. The number of alkyl halides is 3. The summed E-state index contributed by atoms with van der Waals surface area (Å²) in [6, 6.07) is -0.144. The Balaban J connectivity index is 2.35. The number of carbonyl (C=O) groups is 1. The van der Waals surface area contributed by atoms with E-state index in [0.717, 1.165) is 6.20 Å². The van der Waals surface area contributed by atoms with E-state index in [-0.39, 0.29) is 12.6 Å². The number of ether oxygens (including phenoxy) is 1. The Hall–Kier alpha value is -1.57. The van der Waals surface area contributed by atoms with E-state index in [0.29, 0.717) is 13.1 Å². The molecule has 2 rings (SSSR count). The monoisotopic (exact) mass is 263 g/mol. The molecule has 5 nitrogen and oxygen atoms in total. The molecule has 1 fully saturated rings. The van der Waals surface area contributed by atoms with Gasteiger partial charge >= 0.3 is 12.1 Å². The van der Waals surface area contributed by atoms with E-state index < -0.39 is 23.4 Å². The zero-order valence-electron chi connectivity index (χ0n) is 9.62. The summed E-state index contributed by atoms with van der Waals surface area (Å²) in [6.07, 6.45) is -3.56. The van der Waals surface area contributed by atoms with Gasteiger partial charge in [-0.2, -0.15) is 18.3 Å². The molecule has 0 unspecified atom stereocenters. The Bertz CT molecular complexity index is 452. The predicted molar refractivity (Wildman–Crippen MR) is 55.1 cm³/mol. The molecule has 0 aromatic carbocycles. The highest BCUT2D eigenvalue weighted by Gasteiger charge is 2.40. The van der Waals surface area contributed by atoms with Gasteiger partial charge in [0.2, 0.25) is 0 Å². The highest BCUT2D eigenvalue weighted by atomic mass is 19.4. The lowest BCUT2D eigenvalue weighted by Crippen LogP contribution is -2.43. The third-order valence-electron chi connectivity index (χ3n) is 2.63. The van der Waals surface area contributed by atoms with E-state index in [1.54, 1.807) is 0 Å². The first-order chi connectivity index (χ1) is 8.43. The fourth-order valence-corrected chi connectivity index (χ4v) is 1.61. The minimum absolute atomic E-state index is 0.0201. The molecule has 1 aliphatic heterocycles. The average Bonchev–Trinajstić information content (AvgIpc) is 2.59. The zero-order valence-corrected chi connectivity index (χ0v) is 9.62. The van der Waals surface area contributed by atoms with E-state index >= 15 is 0 Å². The van der Waals surface area contributed by atoms with Gasteiger partial charge < -0.3 is 10.1 Å². The molecule has 0 spiro atoms. The van der Waals surface area contributed by atoms with Gasteiger partial charge in [-0.1, -0.05) is 0 Å². The van der Waals surface area contributed by atoms with Crippen molar-refractivity contribution in [2.45, 2.75) is 19.1 Å². The second-order valence-electron chi connectivity index (χ2n) is 3.90. The van der Waals surface area contributed by atoms with Crippen LogP contribution in [0.4, 0.5) is 13.2 Å². The van der Waals surface area contributed by atoms with Crippen molar-refractivity contribution in [1.82, 2.24) is 15.1 Å². The molecule has 1 aliphatic rings. The highest BCUT2D eigenvalue weighted by molar-refractivity contribution is 5.90. The first-order valence-electron chi connectivity index (χ1n) is 5.47. The number of rotatable bonds is 3. The standard InChI is InChI=1S/C10H12F3N3O2/c1-2-18-9(17)7-5-16(6-3-14-4-6)15-8(7)10(11,12)13/h5-6,14H,2-4H2,1H3. The number of halogens is 3. The molecule has 0 bridgehead atoms. The average molecular weight is 263 g/mol. The molecule has 8 heteroatoms. The predicted octanol–water partition coefficient (Wildman–Crippen LogP) is 1.22. The first-order valence-corrected chi connectivity index (χ1v) is 5.47. The van der Waals surface area contributed by atoms with Gasteiger partial charge in [-0.3, -0.25) is 4.68 Å². The van der Waals surface area contributed by atoms with Crippen LogP contribution in [-0.4, -0.2) is 35.4 Å². The molecule has 18 heavy (non-hydrogen) atoms. The lowest BCUT2D eigenvalue weighted by atomic mass is 10.2. The molecular formula is C10H12F3N3O2. The largest absolute Gasteiger partial charge is 0.462 e. The summed E-state index contributed by atoms with van der Waals surface area (Å²) in [7, 11) is 0. The van der Waals surface area contributed by atoms with Gasteiger partial charge in [0.1, 0.15) is 5.56 Å². The number of nitrogens with zero attached hydrogens (tertiary/aromatic N) is 2. The molecule has 0 saturated carbocycles. The Morgan fingerprint density at radius 3 is 2.72 bits per heavy atom. The van der Waals surface area contributed by atoms with Gasteiger partial charge in [0.05, 0.1) is 12.6 Å². The van der Waals surface area contributed by atoms with Crippen molar-refractivity contribution in [2.24, 2.45) is 0 Å². The van der Waals surface area contributed by atoms with Gasteiger partial charge in [0, 0.05) is 19.3 Å². The molecule has 0 amide bonds. The van der Waals surface area contributed by atoms with E-state index in [1.807, 2.05) is 0 Å². The van der Waals surface area contributed by atoms with Crippen LogP contribution in [0.15, 0.2) is 6.20 Å². The van der Waals surface area contributed by atoms with Crippen molar-refractivity contribution in [3.8, 4) is 0 Å². The minimum Gasteiger partial charge on any atom is -0.462 e. The van der Waals surface area contributed by atoms with Gasteiger partial charge in [-0.15, -0.1) is 0 Å². The summed E-state index contributed by atoms with van der Waals surface area (Å²) in [5.74, 6) is -0.997. The maximum atomic E-state index is 12.7. The molecule has 1 saturated heterocycles. The van der Waals surface area contributed by atoms with Crippen molar-refractivity contribution in [2.75, 3.05) is 19.7 Å². The normalized spacial score (nSPS) is 16.4. The number of carbonyl (C=O) groups excluding carboxylic acids is 1. The molecule has 1 aromatic rings. The van der Waals surface area contributed by atoms with Crippen LogP contribution >= 0.6 is 0 Å². The third kappa shape index (κ3) is 2.33. The molecule has 0 radical (unpaired) electrons. The van der Waals surface area contributed by atoms with Crippen LogP contribution in [0.5, 0.6) is 0 Å². The van der Waals surface area contributed by atoms with E-state index in [2.05, 4.69) is 15.2 Å². The summed E-state index contributed by atoms with van der Waals surface area (Å²) >= 11 is 0. The summed E-state index contributed by atoms with van der Waals surface area (Å²) in [6.45, 7) is 2.64. The topological polar surface area (TPSA) is 56.1 Å². The molecule has 1 aromatic heterocycles. The number of hydrogen-bond acceptors (Lipinski definition) is 4. The van der Waals surface area contributed by atoms with Gasteiger partial charge in [0.25, 0.3) is 0 Å². The van der Waals surface area contributed by atoms with Crippen molar-refractivity contribution >= 4 is 5.97 Å². The maximum absolute atomic E-state index is 12.7. The Kier molecular flexibility index (Phi) is 3.29. The fourth-order valence-electron chi connectivity index (χ4n) is 1.61. The summed E-state index contributed by atoms with van der Waals surface area (Å²) in [5.41, 5.74) is -1.72. The van der Waals surface area contributed by atoms with Crippen LogP contribution in [0.3, 0.4) is 0 Å². The summed E-state index contributed by atoms with van der Waals surface area (Å²) < 4.78 is 44.0. The number of aromatic nitrogens is 2. The molecule has 2 heterocycles. The fraction of sp³-hybridized carbons (Fsp3) is 0.600. The van der Waals surface area contributed by atoms with Crippen molar-refractivity contribution in [1.29, 1.82) is 0 Å². The Morgan fingerprint density at radius 1 is 1.61 bits per heavy atom. The van der Waals surface area contributed by atoms with Gasteiger partial charge in [-0.25, -0.2) is 4.79 Å². The number of esters is 1. The SMILES string of the molecule is CCOC(=O)c1cn(C2CNC2)nc1C(F)(F)F. The lowest BCUT2D eigenvalue weighted by molar-refractivity contribution is -0.142. The van der Waals surface area contributed by atoms with Crippen molar-refractivity contribution in [3.05, 3.63) is 17.5 Å². The summed E-state index contributed by atoms with van der Waals surface area (Å²) in [4.78, 5) is 11.5. The first kappa shape index (κ1) is 12.9. The van der Waals surface area contributed by atoms with Crippen LogP contribution in [0, 0.1) is 0 Å². The maximum Gasteiger partial charge on any atom is 0.436 e. The Labute approximate surface area is 101 Å².